The number of imidazole rings is 1. The standard InChI is InChI=1S/C23H18ClN9O5/c1-30-6-5-11-7-12(3-4-15(11)30)33-19(26-28-22(33)36)13-8-14(24)17(9-16(13)34)38-21(35)18-20-27-29-31(2)23(37)32(20)10-25-18/h3-10,23,34,37H,1-2H3,(H,28,36). The number of fused-ring (bicyclic) bond motifs is 2. The van der Waals surface area contributed by atoms with Crippen LogP contribution in [0.1, 0.15) is 16.8 Å². The topological polar surface area (TPSA) is 168 Å². The lowest BCUT2D eigenvalue weighted by atomic mass is 10.1. The minimum Gasteiger partial charge on any atom is -0.507 e. The van der Waals surface area contributed by atoms with Crippen LogP contribution in [-0.4, -0.2) is 57.1 Å². The number of phenolic OH excluding ortho intramolecular Hbond substituents is 1. The number of aryl methyl sites for hydroxylation is 1. The number of carbonyl (C=O) groups is 1. The highest BCUT2D eigenvalue weighted by Crippen LogP contribution is 2.38. The van der Waals surface area contributed by atoms with E-state index in [0.29, 0.717) is 5.69 Å². The van der Waals surface area contributed by atoms with Gasteiger partial charge in [0.1, 0.15) is 12.1 Å². The number of benzene rings is 2. The lowest BCUT2D eigenvalue weighted by molar-refractivity contribution is -0.0491. The quantitative estimate of drug-likeness (QED) is 0.233. The van der Waals surface area contributed by atoms with E-state index in [4.69, 9.17) is 16.3 Å². The third-order valence-corrected chi connectivity index (χ3v) is 6.41. The molecule has 3 N–H and O–H groups in total. The van der Waals surface area contributed by atoms with Crippen LogP contribution < -0.4 is 10.4 Å². The molecular weight excluding hydrogens is 518 g/mol. The molecule has 3 aromatic heterocycles. The molecule has 0 saturated heterocycles. The zero-order chi connectivity index (χ0) is 26.7. The van der Waals surface area contributed by atoms with E-state index in [2.05, 4.69) is 25.5 Å². The van der Waals surface area contributed by atoms with Crippen LogP contribution in [0.3, 0.4) is 0 Å². The number of esters is 1. The number of ether oxygens (including phenoxy) is 1. The first-order valence-electron chi connectivity index (χ1n) is 11.1. The zero-order valence-corrected chi connectivity index (χ0v) is 20.5. The Balaban J connectivity index is 1.34. The molecule has 0 fully saturated rings. The molecule has 14 nitrogen and oxygen atoms in total. The molecule has 0 radical (unpaired) electrons. The number of phenols is 1. The maximum atomic E-state index is 12.8. The van der Waals surface area contributed by atoms with E-state index in [-0.39, 0.29) is 39.4 Å². The molecule has 192 valence electrons. The normalized spacial score (nSPS) is 14.7. The highest BCUT2D eigenvalue weighted by atomic mass is 35.5. The van der Waals surface area contributed by atoms with Crippen LogP contribution in [-0.2, 0) is 7.05 Å². The summed E-state index contributed by atoms with van der Waals surface area (Å²) >= 11 is 6.40. The molecular formula is C23H18ClN9O5. The van der Waals surface area contributed by atoms with Gasteiger partial charge in [-0.05, 0) is 30.3 Å². The van der Waals surface area contributed by atoms with Gasteiger partial charge in [0.05, 0.1) is 16.3 Å². The number of hydrogen-bond donors (Lipinski definition) is 3. The molecule has 1 unspecified atom stereocenters. The van der Waals surface area contributed by atoms with Gasteiger partial charge < -0.3 is 19.5 Å². The second-order valence-electron chi connectivity index (χ2n) is 8.48. The Morgan fingerprint density at radius 1 is 1.18 bits per heavy atom. The Kier molecular flexibility index (Phi) is 5.29. The third-order valence-electron chi connectivity index (χ3n) is 6.12. The van der Waals surface area contributed by atoms with Crippen LogP contribution in [0.5, 0.6) is 11.5 Å². The van der Waals surface area contributed by atoms with Crippen molar-refractivity contribution in [2.24, 2.45) is 17.4 Å². The fourth-order valence-corrected chi connectivity index (χ4v) is 4.38. The van der Waals surface area contributed by atoms with Gasteiger partial charge in [0.15, 0.2) is 23.1 Å². The lowest BCUT2D eigenvalue weighted by Gasteiger charge is -2.24. The Hall–Kier alpha value is -4.95. The number of nitrogens with zero attached hydrogens (tertiary/aromatic N) is 8. The van der Waals surface area contributed by atoms with Crippen LogP contribution in [0, 0.1) is 0 Å². The lowest BCUT2D eigenvalue weighted by Crippen LogP contribution is -2.26. The van der Waals surface area contributed by atoms with Gasteiger partial charge in [0.25, 0.3) is 0 Å². The average Bonchev–Trinajstić information content (AvgIpc) is 3.60. The summed E-state index contributed by atoms with van der Waals surface area (Å²) in [6.07, 6.45) is 1.93. The minimum atomic E-state index is -1.20. The maximum Gasteiger partial charge on any atom is 0.366 e. The number of halogens is 1. The predicted octanol–water partition coefficient (Wildman–Crippen LogP) is 2.89. The second-order valence-corrected chi connectivity index (χ2v) is 8.89. The summed E-state index contributed by atoms with van der Waals surface area (Å²) in [5, 5.41) is 37.1. The van der Waals surface area contributed by atoms with Gasteiger partial charge in [-0.3, -0.25) is 4.57 Å². The minimum absolute atomic E-state index is 0.00603. The van der Waals surface area contributed by atoms with Crippen LogP contribution >= 0.6 is 11.6 Å². The van der Waals surface area contributed by atoms with Gasteiger partial charge in [-0.1, -0.05) is 16.8 Å². The number of aromatic amines is 1. The number of H-pyrrole nitrogens is 1. The van der Waals surface area contributed by atoms with Gasteiger partial charge in [0.2, 0.25) is 6.35 Å². The summed E-state index contributed by atoms with van der Waals surface area (Å²) in [4.78, 5) is 29.4. The molecule has 38 heavy (non-hydrogen) atoms. The summed E-state index contributed by atoms with van der Waals surface area (Å²) in [7, 11) is 3.41. The Morgan fingerprint density at radius 3 is 2.82 bits per heavy atom. The van der Waals surface area contributed by atoms with Crippen LogP contribution in [0.2, 0.25) is 5.02 Å². The van der Waals surface area contributed by atoms with E-state index in [9.17, 15) is 19.8 Å². The number of hydrogen-bond acceptors (Lipinski definition) is 10. The number of aliphatic hydroxyl groups excluding tert-OH is 1. The monoisotopic (exact) mass is 535 g/mol. The van der Waals surface area contributed by atoms with E-state index >= 15 is 0 Å². The van der Waals surface area contributed by atoms with Crippen molar-refractivity contribution in [3.8, 4) is 28.6 Å². The van der Waals surface area contributed by atoms with Crippen LogP contribution in [0.25, 0.3) is 28.0 Å². The van der Waals surface area contributed by atoms with E-state index in [1.807, 2.05) is 36.0 Å². The Labute approximate surface area is 217 Å². The first kappa shape index (κ1) is 23.4. The molecule has 0 amide bonds. The molecule has 1 atom stereocenters. The highest BCUT2D eigenvalue weighted by molar-refractivity contribution is 6.32. The zero-order valence-electron chi connectivity index (χ0n) is 19.8. The van der Waals surface area contributed by atoms with E-state index < -0.39 is 18.0 Å². The fourth-order valence-electron chi connectivity index (χ4n) is 4.18. The van der Waals surface area contributed by atoms with Crippen LogP contribution in [0.4, 0.5) is 5.82 Å². The molecule has 1 aliphatic rings. The van der Waals surface area contributed by atoms with Crippen LogP contribution in [0.15, 0.2) is 64.1 Å². The van der Waals surface area contributed by atoms with E-state index in [1.165, 1.54) is 33.6 Å². The molecule has 4 heterocycles. The van der Waals surface area contributed by atoms with Gasteiger partial charge in [-0.2, -0.15) is 5.10 Å². The average molecular weight is 536 g/mol. The highest BCUT2D eigenvalue weighted by Gasteiger charge is 2.29. The predicted molar refractivity (Wildman–Crippen MR) is 133 cm³/mol. The number of nitrogens with one attached hydrogen (secondary N) is 1. The first-order valence-corrected chi connectivity index (χ1v) is 11.5. The molecule has 1 aliphatic heterocycles. The molecule has 2 aromatic carbocycles. The smallest absolute Gasteiger partial charge is 0.366 e. The second kappa shape index (κ2) is 8.57. The maximum absolute atomic E-state index is 12.8. The summed E-state index contributed by atoms with van der Waals surface area (Å²) in [6, 6.07) is 9.82. The number of aromatic nitrogens is 6. The molecule has 6 rings (SSSR count). The van der Waals surface area contributed by atoms with Crippen molar-refractivity contribution in [2.75, 3.05) is 7.05 Å². The largest absolute Gasteiger partial charge is 0.507 e. The number of aromatic hydroxyl groups is 1. The molecule has 0 aliphatic carbocycles. The van der Waals surface area contributed by atoms with Crippen molar-refractivity contribution in [1.82, 2.24) is 33.9 Å². The molecule has 5 aromatic rings. The van der Waals surface area contributed by atoms with Crippen molar-refractivity contribution in [3.63, 3.8) is 0 Å². The first-order chi connectivity index (χ1) is 18.2. The van der Waals surface area contributed by atoms with E-state index in [0.717, 1.165) is 17.0 Å². The molecule has 15 heteroatoms. The number of rotatable bonds is 4. The molecule has 0 bridgehead atoms. The third kappa shape index (κ3) is 3.62. The SMILES string of the molecule is CN1N=Nc2c(C(=O)Oc3cc(O)c(-c4n[nH]c(=O)n4-c4ccc5c(ccn5C)c4)cc3Cl)ncn2C1O. The van der Waals surface area contributed by atoms with Crippen molar-refractivity contribution < 1.29 is 19.7 Å². The van der Waals surface area contributed by atoms with Crippen molar-refractivity contribution in [3.05, 3.63) is 70.1 Å². The summed E-state index contributed by atoms with van der Waals surface area (Å²) < 4.78 is 9.84. The summed E-state index contributed by atoms with van der Waals surface area (Å²) in [5.41, 5.74) is 0.896. The van der Waals surface area contributed by atoms with Crippen molar-refractivity contribution >= 4 is 34.3 Å². The number of carbonyl (C=O) groups excluding carboxylic acids is 1. The molecule has 0 saturated carbocycles. The Bertz CT molecular complexity index is 1830. The van der Waals surface area contributed by atoms with Gasteiger partial charge >= 0.3 is 11.7 Å². The van der Waals surface area contributed by atoms with Crippen molar-refractivity contribution in [1.29, 1.82) is 0 Å². The van der Waals surface area contributed by atoms with E-state index in [1.54, 1.807) is 6.07 Å². The fraction of sp³-hybridized carbons (Fsp3) is 0.130. The van der Waals surface area contributed by atoms with Gasteiger partial charge in [0, 0.05) is 37.3 Å². The molecule has 0 spiro atoms. The van der Waals surface area contributed by atoms with Gasteiger partial charge in [-0.25, -0.2) is 29.2 Å². The summed E-state index contributed by atoms with van der Waals surface area (Å²) in [5.74, 6) is -1.35. The number of aliphatic hydroxyl groups is 1. The van der Waals surface area contributed by atoms with Crippen molar-refractivity contribution in [2.45, 2.75) is 6.35 Å². The Morgan fingerprint density at radius 2 is 2.00 bits per heavy atom. The summed E-state index contributed by atoms with van der Waals surface area (Å²) in [6.45, 7) is 0. The van der Waals surface area contributed by atoms with Gasteiger partial charge in [-0.15, -0.1) is 5.11 Å².